The summed E-state index contributed by atoms with van der Waals surface area (Å²) in [7, 11) is 2.65. The van der Waals surface area contributed by atoms with E-state index in [2.05, 4.69) is 4.98 Å². The topological polar surface area (TPSA) is 104 Å². The summed E-state index contributed by atoms with van der Waals surface area (Å²) in [6, 6.07) is 8.93. The Bertz CT molecular complexity index is 1230. The van der Waals surface area contributed by atoms with Crippen molar-refractivity contribution in [2.75, 3.05) is 40.5 Å². The van der Waals surface area contributed by atoms with E-state index in [-0.39, 0.29) is 36.0 Å². The Hall–Kier alpha value is -3.98. The number of nitrogens with zero attached hydrogens (tertiary/aromatic N) is 2. The van der Waals surface area contributed by atoms with Crippen LogP contribution < -0.4 is 4.74 Å². The third kappa shape index (κ3) is 5.16. The second kappa shape index (κ2) is 11.2. The van der Waals surface area contributed by atoms with Crippen molar-refractivity contribution in [3.8, 4) is 5.75 Å². The first-order valence-corrected chi connectivity index (χ1v) is 11.6. The summed E-state index contributed by atoms with van der Waals surface area (Å²) in [4.78, 5) is 45.1. The third-order valence-electron chi connectivity index (χ3n) is 6.16. The quantitative estimate of drug-likeness (QED) is 0.518. The van der Waals surface area contributed by atoms with E-state index >= 15 is 0 Å². The molecule has 2 aliphatic rings. The van der Waals surface area contributed by atoms with Crippen LogP contribution in [0.5, 0.6) is 5.75 Å². The lowest BCUT2D eigenvalue weighted by Gasteiger charge is -2.28. The van der Waals surface area contributed by atoms with E-state index in [9.17, 15) is 14.4 Å². The van der Waals surface area contributed by atoms with Gasteiger partial charge in [-0.25, -0.2) is 0 Å². The van der Waals surface area contributed by atoms with Gasteiger partial charge in [0, 0.05) is 48.6 Å². The van der Waals surface area contributed by atoms with Gasteiger partial charge < -0.3 is 23.8 Å². The molecule has 0 atom stereocenters. The predicted molar refractivity (Wildman–Crippen MR) is 129 cm³/mol. The van der Waals surface area contributed by atoms with Crippen LogP contribution in [-0.2, 0) is 36.8 Å². The van der Waals surface area contributed by atoms with Crippen LogP contribution in [0, 0.1) is 0 Å². The smallest absolute Gasteiger partial charge is 0.257 e. The van der Waals surface area contributed by atoms with Crippen molar-refractivity contribution in [3.63, 3.8) is 0 Å². The largest absolute Gasteiger partial charge is 0.489 e. The summed E-state index contributed by atoms with van der Waals surface area (Å²) in [6.45, 7) is 3.72. The fourth-order valence-corrected chi connectivity index (χ4v) is 4.17. The molecule has 2 heterocycles. The highest BCUT2D eigenvalue weighted by molar-refractivity contribution is 6.23. The monoisotopic (exact) mass is 492 g/mol. The highest BCUT2D eigenvalue weighted by Gasteiger charge is 2.35. The van der Waals surface area contributed by atoms with Crippen molar-refractivity contribution in [2.45, 2.75) is 20.0 Å². The molecule has 1 aromatic carbocycles. The number of carbonyl (C=O) groups excluding carboxylic acids is 3. The molecule has 0 unspecified atom stereocenters. The van der Waals surface area contributed by atoms with E-state index in [1.807, 2.05) is 12.1 Å². The van der Waals surface area contributed by atoms with Gasteiger partial charge >= 0.3 is 0 Å². The molecule has 4 rings (SSSR count). The van der Waals surface area contributed by atoms with Crippen molar-refractivity contribution < 1.29 is 33.3 Å². The molecular formula is C27H28N2O7. The number of hydrogen-bond donors (Lipinski definition) is 0. The molecule has 0 spiro atoms. The van der Waals surface area contributed by atoms with E-state index < -0.39 is 11.6 Å². The number of ketones is 2. The Morgan fingerprint density at radius 3 is 2.42 bits per heavy atom. The van der Waals surface area contributed by atoms with Crippen LogP contribution >= 0.6 is 0 Å². The summed E-state index contributed by atoms with van der Waals surface area (Å²) < 4.78 is 21.7. The van der Waals surface area contributed by atoms with Crippen LogP contribution in [0.2, 0.25) is 0 Å². The number of pyridine rings is 1. The maximum atomic E-state index is 13.4. The number of methoxy groups -OCH3 is 2. The molecule has 1 aliphatic carbocycles. The summed E-state index contributed by atoms with van der Waals surface area (Å²) >= 11 is 0. The number of Topliss-reactive ketones (excluding diaryl/α,β-unsaturated/α-hetero) is 2. The molecule has 188 valence electrons. The van der Waals surface area contributed by atoms with Crippen LogP contribution in [0.3, 0.4) is 0 Å². The first kappa shape index (κ1) is 25.1. The first-order chi connectivity index (χ1) is 17.4. The molecule has 0 bridgehead atoms. The first-order valence-electron chi connectivity index (χ1n) is 11.6. The lowest BCUT2D eigenvalue weighted by atomic mass is 9.88. The second-order valence-electron chi connectivity index (χ2n) is 8.39. The molecule has 0 saturated carbocycles. The standard InChI is InChI=1S/C27H28N2O7/c1-17-20(24(31)26(34-3)25(33-2)23(17)30)13-18-6-7-22(36-16-19-5-4-8-28-15-19)21(14-18)27(32)29-9-11-35-12-10-29/h4-8,14-15H,9-13,16H2,1-3H3. The average Bonchev–Trinajstić information content (AvgIpc) is 2.92. The number of ether oxygens (including phenoxy) is 4. The molecule has 36 heavy (non-hydrogen) atoms. The molecule has 1 saturated heterocycles. The van der Waals surface area contributed by atoms with E-state index in [0.717, 1.165) is 5.56 Å². The number of aromatic nitrogens is 1. The summed E-state index contributed by atoms with van der Waals surface area (Å²) in [6.07, 6.45) is 3.53. The van der Waals surface area contributed by atoms with Gasteiger partial charge in [0.1, 0.15) is 12.4 Å². The zero-order chi connectivity index (χ0) is 25.7. The number of benzene rings is 1. The minimum Gasteiger partial charge on any atom is -0.489 e. The van der Waals surface area contributed by atoms with Gasteiger partial charge in [-0.1, -0.05) is 12.1 Å². The molecule has 1 aliphatic heterocycles. The summed E-state index contributed by atoms with van der Waals surface area (Å²) in [5.74, 6) is -0.795. The molecule has 1 amide bonds. The molecule has 0 N–H and O–H groups in total. The molecule has 9 heteroatoms. The number of rotatable bonds is 8. The Morgan fingerprint density at radius 1 is 1.03 bits per heavy atom. The fourth-order valence-electron chi connectivity index (χ4n) is 4.17. The zero-order valence-electron chi connectivity index (χ0n) is 20.5. The van der Waals surface area contributed by atoms with Gasteiger partial charge in [-0.3, -0.25) is 19.4 Å². The lowest BCUT2D eigenvalue weighted by Crippen LogP contribution is -2.40. The van der Waals surface area contributed by atoms with E-state index in [0.29, 0.717) is 48.8 Å². The SMILES string of the molecule is COC1=C(OC)C(=O)C(Cc2ccc(OCc3cccnc3)c(C(=O)N3CCOCC3)c2)=C(C)C1=O. The van der Waals surface area contributed by atoms with Gasteiger partial charge in [-0.15, -0.1) is 0 Å². The number of allylic oxidation sites excluding steroid dienone is 2. The highest BCUT2D eigenvalue weighted by Crippen LogP contribution is 2.30. The van der Waals surface area contributed by atoms with Crippen LogP contribution in [0.4, 0.5) is 0 Å². The fraction of sp³-hybridized carbons (Fsp3) is 0.333. The molecule has 2 aromatic rings. The van der Waals surface area contributed by atoms with Crippen molar-refractivity contribution in [2.24, 2.45) is 0 Å². The van der Waals surface area contributed by atoms with Gasteiger partial charge in [0.05, 0.1) is 33.0 Å². The van der Waals surface area contributed by atoms with Gasteiger partial charge in [-0.2, -0.15) is 0 Å². The Labute approximate surface area is 209 Å². The predicted octanol–water partition coefficient (Wildman–Crippen LogP) is 2.65. The zero-order valence-corrected chi connectivity index (χ0v) is 20.5. The minimum atomic E-state index is -0.413. The summed E-state index contributed by atoms with van der Waals surface area (Å²) in [5, 5.41) is 0. The Kier molecular flexibility index (Phi) is 7.80. The maximum Gasteiger partial charge on any atom is 0.257 e. The van der Waals surface area contributed by atoms with Crippen molar-refractivity contribution in [1.82, 2.24) is 9.88 Å². The normalized spacial score (nSPS) is 16.4. The van der Waals surface area contributed by atoms with E-state index in [1.54, 1.807) is 42.4 Å². The van der Waals surface area contributed by atoms with E-state index in [1.165, 1.54) is 14.2 Å². The third-order valence-corrected chi connectivity index (χ3v) is 6.16. The molecule has 0 radical (unpaired) electrons. The van der Waals surface area contributed by atoms with Crippen LogP contribution in [0.25, 0.3) is 0 Å². The molecule has 9 nitrogen and oxygen atoms in total. The highest BCUT2D eigenvalue weighted by atomic mass is 16.5. The van der Waals surface area contributed by atoms with Crippen molar-refractivity contribution in [3.05, 3.63) is 82.1 Å². The average molecular weight is 493 g/mol. The number of hydrogen-bond acceptors (Lipinski definition) is 8. The van der Waals surface area contributed by atoms with Crippen LogP contribution in [0.1, 0.15) is 28.4 Å². The van der Waals surface area contributed by atoms with Crippen molar-refractivity contribution >= 4 is 17.5 Å². The van der Waals surface area contributed by atoms with Crippen molar-refractivity contribution in [1.29, 1.82) is 0 Å². The Balaban J connectivity index is 1.65. The van der Waals surface area contributed by atoms with Gasteiger partial charge in [-0.05, 0) is 30.7 Å². The number of carbonyl (C=O) groups is 3. The molecule has 1 fully saturated rings. The summed E-state index contributed by atoms with van der Waals surface area (Å²) in [5.41, 5.74) is 2.52. The number of morpholine rings is 1. The van der Waals surface area contributed by atoms with Gasteiger partial charge in [0.15, 0.2) is 0 Å². The van der Waals surface area contributed by atoms with Crippen LogP contribution in [0.15, 0.2) is 65.4 Å². The lowest BCUT2D eigenvalue weighted by molar-refractivity contribution is -0.121. The van der Waals surface area contributed by atoms with Gasteiger partial charge in [0.25, 0.3) is 5.91 Å². The molecule has 1 aromatic heterocycles. The maximum absolute atomic E-state index is 13.4. The second-order valence-corrected chi connectivity index (χ2v) is 8.39. The van der Waals surface area contributed by atoms with Crippen LogP contribution in [-0.4, -0.2) is 67.9 Å². The minimum absolute atomic E-state index is 0.105. The Morgan fingerprint density at radius 2 is 1.75 bits per heavy atom. The van der Waals surface area contributed by atoms with E-state index in [4.69, 9.17) is 18.9 Å². The number of amides is 1. The van der Waals surface area contributed by atoms with Gasteiger partial charge in [0.2, 0.25) is 23.1 Å². The molecular weight excluding hydrogens is 464 g/mol.